The van der Waals surface area contributed by atoms with Gasteiger partial charge in [0, 0.05) is 18.5 Å². The Morgan fingerprint density at radius 2 is 1.95 bits per heavy atom. The van der Waals surface area contributed by atoms with Crippen molar-refractivity contribution in [1.82, 2.24) is 15.5 Å². The molecule has 2 N–H and O–H groups in total. The zero-order valence-corrected chi connectivity index (χ0v) is 13.2. The first kappa shape index (κ1) is 16.0. The molecule has 0 aliphatic rings. The molecular weight excluding hydrogens is 282 g/mol. The van der Waals surface area contributed by atoms with Crippen molar-refractivity contribution in [1.29, 1.82) is 0 Å². The monoisotopic (exact) mass is 303 g/mol. The highest BCUT2D eigenvalue weighted by Crippen LogP contribution is 2.11. The lowest BCUT2D eigenvalue weighted by molar-refractivity contribution is 0.0921. The third-order valence-corrected chi connectivity index (χ3v) is 3.63. The Kier molecular flexibility index (Phi) is 5.14. The fourth-order valence-corrected chi connectivity index (χ4v) is 2.41. The van der Waals surface area contributed by atoms with Gasteiger partial charge in [0.2, 0.25) is 0 Å². The lowest BCUT2D eigenvalue weighted by atomic mass is 10.0. The third-order valence-electron chi connectivity index (χ3n) is 3.63. The SMILES string of the molecule is CCc1ccc(C(=O)NCc2c(CC)c(CC)n[nH]c2=O)o1. The van der Waals surface area contributed by atoms with E-state index < -0.39 is 0 Å². The van der Waals surface area contributed by atoms with Crippen molar-refractivity contribution in [3.63, 3.8) is 0 Å². The lowest BCUT2D eigenvalue weighted by Gasteiger charge is -2.10. The minimum atomic E-state index is -0.323. The first-order valence-electron chi connectivity index (χ1n) is 7.56. The highest BCUT2D eigenvalue weighted by Gasteiger charge is 2.15. The zero-order valence-electron chi connectivity index (χ0n) is 13.2. The minimum absolute atomic E-state index is 0.162. The van der Waals surface area contributed by atoms with Gasteiger partial charge in [-0.3, -0.25) is 9.59 Å². The van der Waals surface area contributed by atoms with Crippen LogP contribution in [0, 0.1) is 0 Å². The van der Waals surface area contributed by atoms with Crippen molar-refractivity contribution in [2.75, 3.05) is 0 Å². The van der Waals surface area contributed by atoms with Crippen molar-refractivity contribution >= 4 is 5.91 Å². The Morgan fingerprint density at radius 3 is 2.55 bits per heavy atom. The Labute approximate surface area is 128 Å². The smallest absolute Gasteiger partial charge is 0.287 e. The Hall–Kier alpha value is -2.37. The number of hydrogen-bond donors (Lipinski definition) is 2. The maximum absolute atomic E-state index is 12.1. The fourth-order valence-electron chi connectivity index (χ4n) is 2.41. The second-order valence-electron chi connectivity index (χ2n) is 4.97. The van der Waals surface area contributed by atoms with Crippen LogP contribution in [0.15, 0.2) is 21.3 Å². The second kappa shape index (κ2) is 7.06. The summed E-state index contributed by atoms with van der Waals surface area (Å²) in [5.74, 6) is 0.696. The number of nitrogens with one attached hydrogen (secondary N) is 2. The van der Waals surface area contributed by atoms with Gasteiger partial charge in [-0.25, -0.2) is 5.10 Å². The molecule has 1 amide bonds. The van der Waals surface area contributed by atoms with Crippen LogP contribution in [0.1, 0.15) is 53.9 Å². The molecule has 0 aliphatic heterocycles. The van der Waals surface area contributed by atoms with Crippen LogP contribution in [0.5, 0.6) is 0 Å². The Bertz CT molecular complexity index is 716. The van der Waals surface area contributed by atoms with E-state index in [2.05, 4.69) is 15.5 Å². The number of H-pyrrole nitrogens is 1. The Balaban J connectivity index is 2.17. The van der Waals surface area contributed by atoms with Gasteiger partial charge in [-0.2, -0.15) is 5.10 Å². The third kappa shape index (κ3) is 3.27. The molecule has 2 rings (SSSR count). The van der Waals surface area contributed by atoms with Crippen LogP contribution in [0.4, 0.5) is 0 Å². The maximum atomic E-state index is 12.1. The second-order valence-corrected chi connectivity index (χ2v) is 4.97. The molecule has 0 saturated heterocycles. The summed E-state index contributed by atoms with van der Waals surface area (Å²) in [6.07, 6.45) is 2.17. The average Bonchev–Trinajstić information content (AvgIpc) is 3.02. The van der Waals surface area contributed by atoms with E-state index in [1.165, 1.54) is 0 Å². The number of carbonyl (C=O) groups excluding carboxylic acids is 1. The lowest BCUT2D eigenvalue weighted by Crippen LogP contribution is -2.29. The van der Waals surface area contributed by atoms with Crippen molar-refractivity contribution in [3.05, 3.63) is 50.8 Å². The van der Waals surface area contributed by atoms with Crippen LogP contribution in [0.3, 0.4) is 0 Å². The van der Waals surface area contributed by atoms with Crippen LogP contribution in [-0.2, 0) is 25.8 Å². The number of hydrogen-bond acceptors (Lipinski definition) is 4. The summed E-state index contributed by atoms with van der Waals surface area (Å²) in [6.45, 7) is 6.07. The van der Waals surface area contributed by atoms with Gasteiger partial charge in [0.25, 0.3) is 11.5 Å². The van der Waals surface area contributed by atoms with Gasteiger partial charge in [0.1, 0.15) is 5.76 Å². The molecule has 0 saturated carbocycles. The summed E-state index contributed by atoms with van der Waals surface area (Å²) in [5.41, 5.74) is 2.06. The van der Waals surface area contributed by atoms with Gasteiger partial charge in [0.15, 0.2) is 5.76 Å². The van der Waals surface area contributed by atoms with Gasteiger partial charge >= 0.3 is 0 Å². The molecule has 0 fully saturated rings. The number of amides is 1. The van der Waals surface area contributed by atoms with E-state index in [4.69, 9.17) is 4.42 Å². The van der Waals surface area contributed by atoms with Crippen molar-refractivity contribution in [2.24, 2.45) is 0 Å². The molecule has 22 heavy (non-hydrogen) atoms. The van der Waals surface area contributed by atoms with Crippen molar-refractivity contribution < 1.29 is 9.21 Å². The van der Waals surface area contributed by atoms with Crippen LogP contribution >= 0.6 is 0 Å². The zero-order chi connectivity index (χ0) is 16.1. The van der Waals surface area contributed by atoms with Gasteiger partial charge in [-0.15, -0.1) is 0 Å². The predicted molar refractivity (Wildman–Crippen MR) is 82.9 cm³/mol. The van der Waals surface area contributed by atoms with Gasteiger partial charge < -0.3 is 9.73 Å². The molecular formula is C16H21N3O3. The highest BCUT2D eigenvalue weighted by atomic mass is 16.3. The molecule has 0 atom stereocenters. The molecule has 0 spiro atoms. The number of rotatable bonds is 6. The molecule has 6 nitrogen and oxygen atoms in total. The molecule has 0 aromatic carbocycles. The van der Waals surface area contributed by atoms with E-state index in [9.17, 15) is 9.59 Å². The number of nitrogens with zero attached hydrogens (tertiary/aromatic N) is 1. The first-order valence-corrected chi connectivity index (χ1v) is 7.56. The summed E-state index contributed by atoms with van der Waals surface area (Å²) in [5, 5.41) is 9.29. The summed E-state index contributed by atoms with van der Waals surface area (Å²) < 4.78 is 5.40. The van der Waals surface area contributed by atoms with E-state index >= 15 is 0 Å². The van der Waals surface area contributed by atoms with E-state index in [-0.39, 0.29) is 23.8 Å². The molecule has 2 aromatic heterocycles. The largest absolute Gasteiger partial charge is 0.456 e. The number of carbonyl (C=O) groups is 1. The number of aromatic amines is 1. The average molecular weight is 303 g/mol. The summed E-state index contributed by atoms with van der Waals surface area (Å²) in [6, 6.07) is 3.42. The number of furan rings is 1. The summed E-state index contributed by atoms with van der Waals surface area (Å²) >= 11 is 0. The topological polar surface area (TPSA) is 88.0 Å². The van der Waals surface area contributed by atoms with E-state index in [1.807, 2.05) is 20.8 Å². The molecule has 6 heteroatoms. The molecule has 0 radical (unpaired) electrons. The number of aromatic nitrogens is 2. The molecule has 2 heterocycles. The van der Waals surface area contributed by atoms with E-state index in [0.29, 0.717) is 12.0 Å². The standard InChI is InChI=1S/C16H21N3O3/c1-4-10-7-8-14(22-10)16(21)17-9-12-11(5-2)13(6-3)18-19-15(12)20/h7-8H,4-6,9H2,1-3H3,(H,17,21)(H,19,20). The molecule has 0 unspecified atom stereocenters. The predicted octanol–water partition coefficient (Wildman–Crippen LogP) is 1.98. The minimum Gasteiger partial charge on any atom is -0.456 e. The quantitative estimate of drug-likeness (QED) is 0.854. The van der Waals surface area contributed by atoms with Crippen molar-refractivity contribution in [2.45, 2.75) is 46.6 Å². The van der Waals surface area contributed by atoms with Crippen LogP contribution < -0.4 is 10.9 Å². The van der Waals surface area contributed by atoms with Gasteiger partial charge in [0.05, 0.1) is 5.69 Å². The summed E-state index contributed by atoms with van der Waals surface area (Å²) in [7, 11) is 0. The number of aryl methyl sites for hydroxylation is 2. The molecule has 2 aromatic rings. The fraction of sp³-hybridized carbons (Fsp3) is 0.438. The van der Waals surface area contributed by atoms with E-state index in [0.717, 1.165) is 29.9 Å². The highest BCUT2D eigenvalue weighted by molar-refractivity contribution is 5.91. The van der Waals surface area contributed by atoms with Crippen molar-refractivity contribution in [3.8, 4) is 0 Å². The summed E-state index contributed by atoms with van der Waals surface area (Å²) in [4.78, 5) is 24.1. The van der Waals surface area contributed by atoms with Crippen LogP contribution in [0.2, 0.25) is 0 Å². The normalized spacial score (nSPS) is 10.7. The maximum Gasteiger partial charge on any atom is 0.287 e. The van der Waals surface area contributed by atoms with Gasteiger partial charge in [-0.05, 0) is 30.5 Å². The van der Waals surface area contributed by atoms with Crippen LogP contribution in [0.25, 0.3) is 0 Å². The molecule has 0 aliphatic carbocycles. The molecule has 118 valence electrons. The Morgan fingerprint density at radius 1 is 1.18 bits per heavy atom. The van der Waals surface area contributed by atoms with Gasteiger partial charge in [-0.1, -0.05) is 20.8 Å². The van der Waals surface area contributed by atoms with Crippen LogP contribution in [-0.4, -0.2) is 16.1 Å². The van der Waals surface area contributed by atoms with E-state index in [1.54, 1.807) is 12.1 Å². The molecule has 0 bridgehead atoms. The first-order chi connectivity index (χ1) is 10.6.